The minimum atomic E-state index is -0.437. The predicted octanol–water partition coefficient (Wildman–Crippen LogP) is 0.609. The highest BCUT2D eigenvalue weighted by atomic mass is 16.5. The molecule has 88 valence electrons. The van der Waals surface area contributed by atoms with E-state index in [4.69, 9.17) is 5.73 Å². The number of likely N-dealkylation sites (tertiary alicyclic amines) is 1. The fourth-order valence-electron chi connectivity index (χ4n) is 2.15. The molecule has 0 aromatic heterocycles. The molecule has 1 aliphatic rings. The number of piperidine rings is 1. The number of nitrogens with zero attached hydrogens (tertiary/aromatic N) is 1. The van der Waals surface area contributed by atoms with E-state index in [9.17, 15) is 4.79 Å². The number of carbonyl (C=O) groups excluding carboxylic acids is 1. The number of nitrogens with two attached hydrogens (primary N) is 1. The third-order valence-electron chi connectivity index (χ3n) is 3.25. The monoisotopic (exact) mass is 214 g/mol. The molecule has 1 heterocycles. The molecule has 4 heteroatoms. The Morgan fingerprint density at radius 3 is 2.60 bits per heavy atom. The first kappa shape index (κ1) is 12.5. The number of ether oxygens (including phenoxy) is 1. The minimum Gasteiger partial charge on any atom is -0.468 e. The second kappa shape index (κ2) is 6.08. The van der Waals surface area contributed by atoms with E-state index in [1.807, 2.05) is 0 Å². The molecule has 1 fully saturated rings. The molecule has 0 radical (unpaired) electrons. The third kappa shape index (κ3) is 3.80. The van der Waals surface area contributed by atoms with Crippen molar-refractivity contribution in [1.82, 2.24) is 4.90 Å². The first-order valence-electron chi connectivity index (χ1n) is 5.73. The molecule has 1 atom stereocenters. The van der Waals surface area contributed by atoms with E-state index in [-0.39, 0.29) is 5.97 Å². The molecule has 4 nitrogen and oxygen atoms in total. The maximum absolute atomic E-state index is 11.1. The minimum absolute atomic E-state index is 0.284. The Morgan fingerprint density at radius 1 is 1.53 bits per heavy atom. The van der Waals surface area contributed by atoms with Crippen LogP contribution >= 0.6 is 0 Å². The number of hydrogen-bond acceptors (Lipinski definition) is 4. The summed E-state index contributed by atoms with van der Waals surface area (Å²) < 4.78 is 4.62. The van der Waals surface area contributed by atoms with E-state index < -0.39 is 6.04 Å². The summed E-state index contributed by atoms with van der Waals surface area (Å²) in [6, 6.07) is -0.437. The predicted molar refractivity (Wildman–Crippen MR) is 59.4 cm³/mol. The summed E-state index contributed by atoms with van der Waals surface area (Å²) >= 11 is 0. The lowest BCUT2D eigenvalue weighted by Crippen LogP contribution is -2.38. The zero-order chi connectivity index (χ0) is 11.3. The van der Waals surface area contributed by atoms with Gasteiger partial charge in [0.05, 0.1) is 7.11 Å². The van der Waals surface area contributed by atoms with E-state index in [0.717, 1.165) is 38.9 Å². The fourth-order valence-corrected chi connectivity index (χ4v) is 2.15. The molecule has 0 aromatic carbocycles. The van der Waals surface area contributed by atoms with Crippen LogP contribution in [0, 0.1) is 5.92 Å². The molecule has 2 N–H and O–H groups in total. The summed E-state index contributed by atoms with van der Waals surface area (Å²) in [6.45, 7) is 5.57. The first-order chi connectivity index (χ1) is 7.17. The molecule has 1 saturated heterocycles. The van der Waals surface area contributed by atoms with E-state index in [2.05, 4.69) is 16.6 Å². The normalized spacial score (nSPS) is 21.3. The molecule has 0 aliphatic carbocycles. The van der Waals surface area contributed by atoms with Gasteiger partial charge in [0.25, 0.3) is 0 Å². The summed E-state index contributed by atoms with van der Waals surface area (Å²) in [6.07, 6.45) is 3.07. The van der Waals surface area contributed by atoms with Crippen molar-refractivity contribution < 1.29 is 9.53 Å². The smallest absolute Gasteiger partial charge is 0.322 e. The van der Waals surface area contributed by atoms with E-state index in [1.165, 1.54) is 7.11 Å². The van der Waals surface area contributed by atoms with Crippen molar-refractivity contribution in [1.29, 1.82) is 0 Å². The lowest BCUT2D eigenvalue weighted by atomic mass is 9.90. The molecule has 1 unspecified atom stereocenters. The summed E-state index contributed by atoms with van der Waals surface area (Å²) in [5.41, 5.74) is 5.74. The Hall–Kier alpha value is -0.610. The van der Waals surface area contributed by atoms with Gasteiger partial charge < -0.3 is 15.4 Å². The van der Waals surface area contributed by atoms with Gasteiger partial charge in [-0.25, -0.2) is 0 Å². The lowest BCUT2D eigenvalue weighted by molar-refractivity contribution is -0.142. The zero-order valence-electron chi connectivity index (χ0n) is 9.74. The van der Waals surface area contributed by atoms with Gasteiger partial charge in [0.15, 0.2) is 0 Å². The highest BCUT2D eigenvalue weighted by Crippen LogP contribution is 2.21. The van der Waals surface area contributed by atoms with Crippen LogP contribution in [0.3, 0.4) is 0 Å². The highest BCUT2D eigenvalue weighted by Gasteiger charge is 2.23. The molecule has 1 rings (SSSR count). The Balaban J connectivity index is 2.26. The molecule has 0 spiro atoms. The van der Waals surface area contributed by atoms with Crippen LogP contribution in [0.15, 0.2) is 0 Å². The van der Waals surface area contributed by atoms with Gasteiger partial charge in [-0.1, -0.05) is 6.92 Å². The quantitative estimate of drug-likeness (QED) is 0.697. The van der Waals surface area contributed by atoms with Gasteiger partial charge >= 0.3 is 5.97 Å². The maximum atomic E-state index is 11.1. The number of rotatable bonds is 4. The first-order valence-corrected chi connectivity index (χ1v) is 5.73. The van der Waals surface area contributed by atoms with Crippen LogP contribution < -0.4 is 5.73 Å². The lowest BCUT2D eigenvalue weighted by Gasteiger charge is -2.31. The molecule has 0 aromatic rings. The van der Waals surface area contributed by atoms with Crippen molar-refractivity contribution >= 4 is 5.97 Å². The van der Waals surface area contributed by atoms with Gasteiger partial charge in [-0.3, -0.25) is 4.79 Å². The molecule has 1 aliphatic heterocycles. The Labute approximate surface area is 91.8 Å². The zero-order valence-corrected chi connectivity index (χ0v) is 9.74. The average Bonchev–Trinajstić information content (AvgIpc) is 2.29. The molecule has 0 saturated carbocycles. The summed E-state index contributed by atoms with van der Waals surface area (Å²) in [7, 11) is 1.39. The largest absolute Gasteiger partial charge is 0.468 e. The van der Waals surface area contributed by atoms with Crippen molar-refractivity contribution in [3.8, 4) is 0 Å². The van der Waals surface area contributed by atoms with Gasteiger partial charge in [0.1, 0.15) is 6.04 Å². The van der Waals surface area contributed by atoms with Crippen LogP contribution in [-0.4, -0.2) is 43.7 Å². The molecular formula is C11H22N2O2. The van der Waals surface area contributed by atoms with Crippen molar-refractivity contribution in [3.63, 3.8) is 0 Å². The van der Waals surface area contributed by atoms with Crippen LogP contribution in [0.2, 0.25) is 0 Å². The van der Waals surface area contributed by atoms with Gasteiger partial charge in [0, 0.05) is 0 Å². The van der Waals surface area contributed by atoms with Crippen LogP contribution in [0.5, 0.6) is 0 Å². The summed E-state index contributed by atoms with van der Waals surface area (Å²) in [4.78, 5) is 13.6. The molecule has 0 amide bonds. The van der Waals surface area contributed by atoms with Crippen molar-refractivity contribution in [2.45, 2.75) is 32.2 Å². The number of methoxy groups -OCH3 is 1. The summed E-state index contributed by atoms with van der Waals surface area (Å²) in [5.74, 6) is 0.301. The molecule has 15 heavy (non-hydrogen) atoms. The molecular weight excluding hydrogens is 192 g/mol. The Kier molecular flexibility index (Phi) is 5.05. The van der Waals surface area contributed by atoms with Crippen LogP contribution in [-0.2, 0) is 9.53 Å². The second-order valence-electron chi connectivity index (χ2n) is 4.24. The third-order valence-corrected chi connectivity index (χ3v) is 3.25. The van der Waals surface area contributed by atoms with Crippen LogP contribution in [0.1, 0.15) is 26.2 Å². The van der Waals surface area contributed by atoms with Crippen molar-refractivity contribution in [2.24, 2.45) is 11.7 Å². The van der Waals surface area contributed by atoms with Crippen molar-refractivity contribution in [3.05, 3.63) is 0 Å². The van der Waals surface area contributed by atoms with Gasteiger partial charge in [-0.2, -0.15) is 0 Å². The van der Waals surface area contributed by atoms with E-state index in [1.54, 1.807) is 0 Å². The highest BCUT2D eigenvalue weighted by molar-refractivity contribution is 5.75. The number of esters is 1. The van der Waals surface area contributed by atoms with Gasteiger partial charge in [-0.15, -0.1) is 0 Å². The Morgan fingerprint density at radius 2 is 2.13 bits per heavy atom. The molecule has 0 bridgehead atoms. The number of hydrogen-bond donors (Lipinski definition) is 1. The standard InChI is InChI=1S/C11H22N2O2/c1-3-13-6-4-9(5-7-13)8-10(12)11(14)15-2/h9-10H,3-8,12H2,1-2H3. The Bertz CT molecular complexity index is 201. The SMILES string of the molecule is CCN1CCC(CC(N)C(=O)OC)CC1. The second-order valence-corrected chi connectivity index (χ2v) is 4.24. The summed E-state index contributed by atoms with van der Waals surface area (Å²) in [5, 5.41) is 0. The van der Waals surface area contributed by atoms with Crippen molar-refractivity contribution in [2.75, 3.05) is 26.7 Å². The number of carbonyl (C=O) groups is 1. The van der Waals surface area contributed by atoms with Gasteiger partial charge in [0.2, 0.25) is 0 Å². The van der Waals surface area contributed by atoms with E-state index >= 15 is 0 Å². The van der Waals surface area contributed by atoms with Crippen LogP contribution in [0.25, 0.3) is 0 Å². The maximum Gasteiger partial charge on any atom is 0.322 e. The fraction of sp³-hybridized carbons (Fsp3) is 0.909. The van der Waals surface area contributed by atoms with Gasteiger partial charge in [-0.05, 0) is 44.8 Å². The average molecular weight is 214 g/mol. The van der Waals surface area contributed by atoms with Crippen LogP contribution in [0.4, 0.5) is 0 Å². The van der Waals surface area contributed by atoms with E-state index in [0.29, 0.717) is 5.92 Å². The topological polar surface area (TPSA) is 55.6 Å².